The van der Waals surface area contributed by atoms with Crippen molar-refractivity contribution in [1.82, 2.24) is 0 Å². The first-order chi connectivity index (χ1) is 5.77. The molecule has 0 heterocycles. The number of hydrogen-bond donors (Lipinski definition) is 0. The van der Waals surface area contributed by atoms with Crippen LogP contribution in [0.15, 0.2) is 30.8 Å². The van der Waals surface area contributed by atoms with Crippen molar-refractivity contribution in [2.24, 2.45) is 0 Å². The Morgan fingerprint density at radius 2 is 2.00 bits per heavy atom. The smallest absolute Gasteiger partial charge is 0.150 e. The summed E-state index contributed by atoms with van der Waals surface area (Å²) >= 11 is 0. The van der Waals surface area contributed by atoms with Gasteiger partial charge in [-0.25, -0.2) is 0 Å². The van der Waals surface area contributed by atoms with E-state index < -0.39 is 0 Å². The molecule has 0 aliphatic heterocycles. The van der Waals surface area contributed by atoms with Crippen molar-refractivity contribution < 1.29 is 9.53 Å². The van der Waals surface area contributed by atoms with E-state index in [0.29, 0.717) is 5.57 Å². The molecular weight excluding hydrogens is 152 g/mol. The SMILES string of the molecule is C=C(C=O)c1ccc(OC)cc1. The summed E-state index contributed by atoms with van der Waals surface area (Å²) in [5.41, 5.74) is 1.31. The number of ether oxygens (including phenoxy) is 1. The largest absolute Gasteiger partial charge is 0.497 e. The van der Waals surface area contributed by atoms with Gasteiger partial charge in [0.25, 0.3) is 0 Å². The normalized spacial score (nSPS) is 9.08. The van der Waals surface area contributed by atoms with Gasteiger partial charge in [0, 0.05) is 5.57 Å². The monoisotopic (exact) mass is 162 g/mol. The third-order valence-corrected chi connectivity index (χ3v) is 1.60. The first kappa shape index (κ1) is 8.53. The molecule has 0 aliphatic carbocycles. The second-order valence-electron chi connectivity index (χ2n) is 2.37. The molecule has 0 amide bonds. The van der Waals surface area contributed by atoms with Crippen molar-refractivity contribution in [1.29, 1.82) is 0 Å². The standard InChI is InChI=1S/C10H10O2/c1-8(7-11)9-3-5-10(12-2)6-4-9/h3-7H,1H2,2H3. The molecule has 0 radical (unpaired) electrons. The molecule has 0 unspecified atom stereocenters. The second kappa shape index (κ2) is 3.72. The summed E-state index contributed by atoms with van der Waals surface area (Å²) in [6.45, 7) is 3.59. The number of hydrogen-bond acceptors (Lipinski definition) is 2. The van der Waals surface area contributed by atoms with Crippen molar-refractivity contribution in [2.45, 2.75) is 0 Å². The quantitative estimate of drug-likeness (QED) is 0.501. The van der Waals surface area contributed by atoms with Crippen molar-refractivity contribution in [3.63, 3.8) is 0 Å². The fourth-order valence-electron chi connectivity index (χ4n) is 0.873. The molecule has 0 fully saturated rings. The lowest BCUT2D eigenvalue weighted by molar-refractivity contribution is -0.103. The minimum atomic E-state index is 0.484. The Balaban J connectivity index is 2.91. The number of benzene rings is 1. The zero-order valence-corrected chi connectivity index (χ0v) is 6.91. The maximum absolute atomic E-state index is 10.3. The molecule has 0 aliphatic rings. The third kappa shape index (κ3) is 1.72. The van der Waals surface area contributed by atoms with Gasteiger partial charge in [-0.05, 0) is 17.7 Å². The van der Waals surface area contributed by atoms with Gasteiger partial charge >= 0.3 is 0 Å². The highest BCUT2D eigenvalue weighted by Crippen LogP contribution is 2.15. The van der Waals surface area contributed by atoms with Crippen LogP contribution in [0, 0.1) is 0 Å². The molecule has 0 atom stereocenters. The Morgan fingerprint density at radius 3 is 2.42 bits per heavy atom. The van der Waals surface area contributed by atoms with E-state index in [4.69, 9.17) is 4.74 Å². The van der Waals surface area contributed by atoms with Crippen LogP contribution >= 0.6 is 0 Å². The van der Waals surface area contributed by atoms with Crippen LogP contribution < -0.4 is 4.74 Å². The van der Waals surface area contributed by atoms with Crippen molar-refractivity contribution in [2.75, 3.05) is 7.11 Å². The van der Waals surface area contributed by atoms with Gasteiger partial charge in [0.2, 0.25) is 0 Å². The topological polar surface area (TPSA) is 26.3 Å². The Kier molecular flexibility index (Phi) is 2.64. The summed E-state index contributed by atoms with van der Waals surface area (Å²) in [4.78, 5) is 10.3. The van der Waals surface area contributed by atoms with Crippen LogP contribution in [0.2, 0.25) is 0 Å². The molecule has 0 aromatic heterocycles. The third-order valence-electron chi connectivity index (χ3n) is 1.60. The van der Waals surface area contributed by atoms with E-state index in [1.807, 2.05) is 0 Å². The highest BCUT2D eigenvalue weighted by Gasteiger charge is 1.96. The fourth-order valence-corrected chi connectivity index (χ4v) is 0.873. The molecule has 62 valence electrons. The van der Waals surface area contributed by atoms with Gasteiger partial charge in [0.15, 0.2) is 0 Å². The minimum absolute atomic E-state index is 0.484. The van der Waals surface area contributed by atoms with E-state index in [0.717, 1.165) is 17.6 Å². The van der Waals surface area contributed by atoms with E-state index in [9.17, 15) is 4.79 Å². The van der Waals surface area contributed by atoms with Gasteiger partial charge in [-0.3, -0.25) is 4.79 Å². The molecule has 12 heavy (non-hydrogen) atoms. The van der Waals surface area contributed by atoms with Gasteiger partial charge in [0.05, 0.1) is 7.11 Å². The zero-order chi connectivity index (χ0) is 8.97. The lowest BCUT2D eigenvalue weighted by Gasteiger charge is -2.00. The lowest BCUT2D eigenvalue weighted by atomic mass is 10.1. The van der Waals surface area contributed by atoms with Crippen LogP contribution in [-0.2, 0) is 4.79 Å². The van der Waals surface area contributed by atoms with E-state index in [1.165, 1.54) is 0 Å². The minimum Gasteiger partial charge on any atom is -0.497 e. The number of carbonyl (C=O) groups excluding carboxylic acids is 1. The highest BCUT2D eigenvalue weighted by atomic mass is 16.5. The van der Waals surface area contributed by atoms with Crippen LogP contribution in [0.5, 0.6) is 5.75 Å². The number of methoxy groups -OCH3 is 1. The number of rotatable bonds is 3. The Bertz CT molecular complexity index is 285. The van der Waals surface area contributed by atoms with E-state index in [1.54, 1.807) is 31.4 Å². The average molecular weight is 162 g/mol. The van der Waals surface area contributed by atoms with Gasteiger partial charge in [-0.1, -0.05) is 18.7 Å². The molecule has 0 N–H and O–H groups in total. The summed E-state index contributed by atoms with van der Waals surface area (Å²) in [5, 5.41) is 0. The molecule has 1 rings (SSSR count). The molecule has 0 saturated heterocycles. The fraction of sp³-hybridized carbons (Fsp3) is 0.100. The van der Waals surface area contributed by atoms with Crippen molar-refractivity contribution in [3.05, 3.63) is 36.4 Å². The first-order valence-corrected chi connectivity index (χ1v) is 3.56. The van der Waals surface area contributed by atoms with Crippen LogP contribution in [0.4, 0.5) is 0 Å². The summed E-state index contributed by atoms with van der Waals surface area (Å²) in [6, 6.07) is 7.19. The average Bonchev–Trinajstić information content (AvgIpc) is 2.17. The number of aldehydes is 1. The zero-order valence-electron chi connectivity index (χ0n) is 6.91. The molecule has 0 saturated carbocycles. The van der Waals surface area contributed by atoms with E-state index in [2.05, 4.69) is 6.58 Å². The Morgan fingerprint density at radius 1 is 1.42 bits per heavy atom. The van der Waals surface area contributed by atoms with Gasteiger partial charge < -0.3 is 4.74 Å². The van der Waals surface area contributed by atoms with Crippen LogP contribution in [0.1, 0.15) is 5.56 Å². The van der Waals surface area contributed by atoms with E-state index >= 15 is 0 Å². The van der Waals surface area contributed by atoms with Gasteiger partial charge in [-0.2, -0.15) is 0 Å². The van der Waals surface area contributed by atoms with Crippen molar-refractivity contribution in [3.8, 4) is 5.75 Å². The first-order valence-electron chi connectivity index (χ1n) is 3.56. The molecule has 1 aromatic carbocycles. The van der Waals surface area contributed by atoms with Crippen LogP contribution in [0.3, 0.4) is 0 Å². The molecule has 0 spiro atoms. The highest BCUT2D eigenvalue weighted by molar-refractivity contribution is 6.05. The van der Waals surface area contributed by atoms with Gasteiger partial charge in [-0.15, -0.1) is 0 Å². The Labute approximate surface area is 71.5 Å². The molecule has 0 bridgehead atoms. The van der Waals surface area contributed by atoms with Gasteiger partial charge in [0.1, 0.15) is 12.0 Å². The molecule has 1 aromatic rings. The summed E-state index contributed by atoms with van der Waals surface area (Å²) in [5.74, 6) is 0.775. The maximum atomic E-state index is 10.3. The van der Waals surface area contributed by atoms with Crippen molar-refractivity contribution >= 4 is 11.9 Å². The Hall–Kier alpha value is -1.57. The number of carbonyl (C=O) groups is 1. The second-order valence-corrected chi connectivity index (χ2v) is 2.37. The maximum Gasteiger partial charge on any atom is 0.150 e. The molecule has 2 nitrogen and oxygen atoms in total. The predicted molar refractivity (Wildman–Crippen MR) is 48.1 cm³/mol. The van der Waals surface area contributed by atoms with E-state index in [-0.39, 0.29) is 0 Å². The van der Waals surface area contributed by atoms with Crippen LogP contribution in [0.25, 0.3) is 5.57 Å². The summed E-state index contributed by atoms with van der Waals surface area (Å²) in [7, 11) is 1.60. The molecular formula is C10H10O2. The molecule has 2 heteroatoms. The number of allylic oxidation sites excluding steroid dienone is 1. The summed E-state index contributed by atoms with van der Waals surface area (Å²) < 4.78 is 4.96. The summed E-state index contributed by atoms with van der Waals surface area (Å²) in [6.07, 6.45) is 0.738. The predicted octanol–water partition coefficient (Wildman–Crippen LogP) is 1.91. The van der Waals surface area contributed by atoms with Crippen LogP contribution in [-0.4, -0.2) is 13.4 Å². The lowest BCUT2D eigenvalue weighted by Crippen LogP contribution is -1.85.